The molecule has 0 saturated carbocycles. The molecule has 3 nitrogen and oxygen atoms in total. The highest BCUT2D eigenvalue weighted by atomic mass is 32.2. The predicted octanol–water partition coefficient (Wildman–Crippen LogP) is 4.47. The van der Waals surface area contributed by atoms with Gasteiger partial charge >= 0.3 is 0 Å². The van der Waals surface area contributed by atoms with Gasteiger partial charge in [-0.25, -0.2) is 12.4 Å². The molecule has 4 heteroatoms. The molecule has 0 N–H and O–H groups in total. The summed E-state index contributed by atoms with van der Waals surface area (Å²) in [5.41, 5.74) is 3.09. The van der Waals surface area contributed by atoms with Crippen molar-refractivity contribution in [1.29, 1.82) is 0 Å². The Morgan fingerprint density at radius 2 is 1.40 bits per heavy atom. The fraction of sp³-hybridized carbons (Fsp3) is 0.0476. The number of nitrogens with zero attached hydrogens (tertiary/aromatic N) is 1. The van der Waals surface area contributed by atoms with Gasteiger partial charge in [0.15, 0.2) is 0 Å². The molecule has 0 bridgehead atoms. The lowest BCUT2D eigenvalue weighted by Crippen LogP contribution is -2.11. The van der Waals surface area contributed by atoms with Crippen molar-refractivity contribution in [2.75, 3.05) is 0 Å². The second kappa shape index (κ2) is 6.22. The van der Waals surface area contributed by atoms with Gasteiger partial charge in [0.25, 0.3) is 10.0 Å². The van der Waals surface area contributed by atoms with Crippen LogP contribution in [0.4, 0.5) is 0 Å². The normalized spacial score (nSPS) is 11.7. The molecule has 124 valence electrons. The summed E-state index contributed by atoms with van der Waals surface area (Å²) in [5.74, 6) is 0. The zero-order valence-corrected chi connectivity index (χ0v) is 14.4. The van der Waals surface area contributed by atoms with Crippen molar-refractivity contribution in [2.45, 2.75) is 11.3 Å². The maximum atomic E-state index is 12.8. The molecule has 0 saturated heterocycles. The van der Waals surface area contributed by atoms with Gasteiger partial charge < -0.3 is 0 Å². The van der Waals surface area contributed by atoms with E-state index in [1.54, 1.807) is 30.5 Å². The first kappa shape index (κ1) is 15.7. The number of aromatic nitrogens is 1. The highest BCUT2D eigenvalue weighted by Crippen LogP contribution is 2.24. The molecular weight excluding hydrogens is 330 g/mol. The zero-order chi connectivity index (χ0) is 17.3. The van der Waals surface area contributed by atoms with Crippen molar-refractivity contribution < 1.29 is 8.42 Å². The van der Waals surface area contributed by atoms with E-state index in [4.69, 9.17) is 0 Å². The van der Waals surface area contributed by atoms with Gasteiger partial charge in [0.05, 0.1) is 10.4 Å². The highest BCUT2D eigenvalue weighted by Gasteiger charge is 2.18. The Kier molecular flexibility index (Phi) is 3.90. The Morgan fingerprint density at radius 3 is 2.12 bits per heavy atom. The second-order valence-corrected chi connectivity index (χ2v) is 7.80. The minimum absolute atomic E-state index is 0.292. The van der Waals surface area contributed by atoms with Crippen LogP contribution in [0.5, 0.6) is 0 Å². The summed E-state index contributed by atoms with van der Waals surface area (Å²) in [4.78, 5) is 0.292. The first-order chi connectivity index (χ1) is 12.1. The molecule has 0 aliphatic heterocycles. The van der Waals surface area contributed by atoms with Crippen LogP contribution in [-0.2, 0) is 16.4 Å². The molecule has 0 aliphatic rings. The van der Waals surface area contributed by atoms with Gasteiger partial charge in [-0.2, -0.15) is 0 Å². The van der Waals surface area contributed by atoms with Crippen LogP contribution in [-0.4, -0.2) is 12.4 Å². The summed E-state index contributed by atoms with van der Waals surface area (Å²) in [5, 5.41) is 0.924. The average Bonchev–Trinajstić information content (AvgIpc) is 3.07. The Balaban J connectivity index is 1.74. The van der Waals surface area contributed by atoms with Crippen LogP contribution >= 0.6 is 0 Å². The number of fused-ring (bicyclic) bond motifs is 1. The molecule has 4 aromatic rings. The van der Waals surface area contributed by atoms with Gasteiger partial charge in [-0.05, 0) is 47.9 Å². The van der Waals surface area contributed by atoms with Crippen molar-refractivity contribution in [3.63, 3.8) is 0 Å². The van der Waals surface area contributed by atoms with E-state index in [1.807, 2.05) is 42.5 Å². The zero-order valence-electron chi connectivity index (χ0n) is 13.5. The van der Waals surface area contributed by atoms with E-state index >= 15 is 0 Å². The Labute approximate surface area is 147 Å². The van der Waals surface area contributed by atoms with Gasteiger partial charge in [-0.3, -0.25) is 0 Å². The molecule has 0 fully saturated rings. The highest BCUT2D eigenvalue weighted by molar-refractivity contribution is 7.90. The number of hydrogen-bond acceptors (Lipinski definition) is 2. The third kappa shape index (κ3) is 2.96. The van der Waals surface area contributed by atoms with Crippen molar-refractivity contribution in [2.24, 2.45) is 0 Å². The summed E-state index contributed by atoms with van der Waals surface area (Å²) in [6.45, 7) is 0. The lowest BCUT2D eigenvalue weighted by atomic mass is 10.0. The third-order valence-corrected chi connectivity index (χ3v) is 5.97. The first-order valence-corrected chi connectivity index (χ1v) is 9.53. The van der Waals surface area contributed by atoms with Crippen LogP contribution in [0.15, 0.2) is 96.0 Å². The smallest absolute Gasteiger partial charge is 0.241 e. The van der Waals surface area contributed by atoms with Crippen LogP contribution < -0.4 is 0 Å². The molecule has 0 amide bonds. The van der Waals surface area contributed by atoms with Gasteiger partial charge in [0.1, 0.15) is 0 Å². The molecular formula is C21H17NO2S. The standard InChI is InChI=1S/C21H17NO2S/c23-25(24,20-9-5-2-6-10-20)22-14-13-19-16-18(11-12-21(19)22)15-17-7-3-1-4-8-17/h1-14,16H,15H2. The Bertz CT molecular complexity index is 1110. The number of benzene rings is 3. The monoisotopic (exact) mass is 347 g/mol. The van der Waals surface area contributed by atoms with Crippen molar-refractivity contribution in [1.82, 2.24) is 3.97 Å². The molecule has 25 heavy (non-hydrogen) atoms. The molecule has 0 unspecified atom stereocenters. The summed E-state index contributed by atoms with van der Waals surface area (Å²) in [6.07, 6.45) is 2.45. The maximum Gasteiger partial charge on any atom is 0.268 e. The topological polar surface area (TPSA) is 39.1 Å². The van der Waals surface area contributed by atoms with Gasteiger partial charge in [0, 0.05) is 11.6 Å². The molecule has 1 aromatic heterocycles. The lowest BCUT2D eigenvalue weighted by Gasteiger charge is -2.08. The maximum absolute atomic E-state index is 12.8. The number of hydrogen-bond donors (Lipinski definition) is 0. The fourth-order valence-electron chi connectivity index (χ4n) is 3.02. The van der Waals surface area contributed by atoms with E-state index in [-0.39, 0.29) is 0 Å². The Hall–Kier alpha value is -2.85. The van der Waals surface area contributed by atoms with E-state index in [1.165, 1.54) is 9.54 Å². The quantitative estimate of drug-likeness (QED) is 0.546. The van der Waals surface area contributed by atoms with E-state index in [2.05, 4.69) is 18.2 Å². The largest absolute Gasteiger partial charge is 0.268 e. The molecule has 1 heterocycles. The first-order valence-electron chi connectivity index (χ1n) is 8.09. The molecule has 0 aliphatic carbocycles. The van der Waals surface area contributed by atoms with Gasteiger partial charge in [-0.1, -0.05) is 54.6 Å². The summed E-state index contributed by atoms with van der Waals surface area (Å²) >= 11 is 0. The van der Waals surface area contributed by atoms with Crippen molar-refractivity contribution in [3.05, 3.63) is 102 Å². The summed E-state index contributed by atoms with van der Waals surface area (Å²) < 4.78 is 27.0. The van der Waals surface area contributed by atoms with Crippen LogP contribution in [0.2, 0.25) is 0 Å². The van der Waals surface area contributed by atoms with E-state index in [9.17, 15) is 8.42 Å². The summed E-state index contributed by atoms with van der Waals surface area (Å²) in [7, 11) is -3.58. The van der Waals surface area contributed by atoms with Crippen LogP contribution in [0, 0.1) is 0 Å². The lowest BCUT2D eigenvalue weighted by molar-refractivity contribution is 0.589. The van der Waals surface area contributed by atoms with Gasteiger partial charge in [-0.15, -0.1) is 0 Å². The van der Waals surface area contributed by atoms with Crippen molar-refractivity contribution in [3.8, 4) is 0 Å². The molecule has 0 radical (unpaired) electrons. The van der Waals surface area contributed by atoms with Gasteiger partial charge in [0.2, 0.25) is 0 Å². The van der Waals surface area contributed by atoms with Crippen molar-refractivity contribution >= 4 is 20.9 Å². The molecule has 3 aromatic carbocycles. The van der Waals surface area contributed by atoms with Crippen LogP contribution in [0.1, 0.15) is 11.1 Å². The van der Waals surface area contributed by atoms with E-state index in [0.29, 0.717) is 10.4 Å². The minimum Gasteiger partial charge on any atom is -0.241 e. The minimum atomic E-state index is -3.58. The van der Waals surface area contributed by atoms with Crippen LogP contribution in [0.3, 0.4) is 0 Å². The fourth-order valence-corrected chi connectivity index (χ4v) is 4.40. The molecule has 0 spiro atoms. The van der Waals surface area contributed by atoms with Crippen LogP contribution in [0.25, 0.3) is 10.9 Å². The third-order valence-electron chi connectivity index (χ3n) is 4.27. The molecule has 0 atom stereocenters. The molecule has 4 rings (SSSR count). The number of rotatable bonds is 4. The predicted molar refractivity (Wildman–Crippen MR) is 100 cm³/mol. The average molecular weight is 347 g/mol. The van der Waals surface area contributed by atoms with E-state index in [0.717, 1.165) is 17.4 Å². The van der Waals surface area contributed by atoms with E-state index < -0.39 is 10.0 Å². The second-order valence-electron chi connectivity index (χ2n) is 5.99. The summed E-state index contributed by atoms with van der Waals surface area (Å²) in [6, 6.07) is 26.5. The SMILES string of the molecule is O=S(=O)(c1ccccc1)n1ccc2cc(Cc3ccccc3)ccc21. The Morgan fingerprint density at radius 1 is 0.720 bits per heavy atom.